The van der Waals surface area contributed by atoms with Crippen LogP contribution in [0.1, 0.15) is 33.6 Å². The van der Waals surface area contributed by atoms with Gasteiger partial charge in [0.25, 0.3) is 5.91 Å². The fourth-order valence-electron chi connectivity index (χ4n) is 4.27. The number of carbonyl (C=O) groups excluding carboxylic acids is 2. The summed E-state index contributed by atoms with van der Waals surface area (Å²) in [6, 6.07) is 16.6. The first-order valence-electron chi connectivity index (χ1n) is 11.2. The molecule has 0 atom stereocenters. The number of aromatic nitrogens is 1. The van der Waals surface area contributed by atoms with E-state index >= 15 is 0 Å². The van der Waals surface area contributed by atoms with Crippen LogP contribution in [0.25, 0.3) is 22.6 Å². The summed E-state index contributed by atoms with van der Waals surface area (Å²) in [5.41, 5.74) is 3.82. The van der Waals surface area contributed by atoms with E-state index in [1.54, 1.807) is 42.5 Å². The quantitative estimate of drug-likeness (QED) is 0.364. The first-order chi connectivity index (χ1) is 17.4. The number of benzene rings is 3. The molecule has 0 unspecified atom stereocenters. The zero-order valence-corrected chi connectivity index (χ0v) is 18.9. The largest absolute Gasteiger partial charge is 0.508 e. The number of amides is 1. The van der Waals surface area contributed by atoms with E-state index in [0.717, 1.165) is 34.9 Å². The molecule has 3 aromatic carbocycles. The summed E-state index contributed by atoms with van der Waals surface area (Å²) in [5.74, 6) is -2.84. The molecule has 5 rings (SSSR count). The number of anilines is 1. The summed E-state index contributed by atoms with van der Waals surface area (Å²) in [7, 11) is 0. The number of carbonyl (C=O) groups is 2. The van der Waals surface area contributed by atoms with E-state index in [2.05, 4.69) is 5.32 Å². The molecule has 0 radical (unpaired) electrons. The van der Waals surface area contributed by atoms with Gasteiger partial charge in [-0.2, -0.15) is 0 Å². The normalized spacial score (nSPS) is 13.6. The van der Waals surface area contributed by atoms with Crippen LogP contribution >= 0.6 is 0 Å². The van der Waals surface area contributed by atoms with Crippen molar-refractivity contribution in [2.45, 2.75) is 12.8 Å². The highest BCUT2D eigenvalue weighted by molar-refractivity contribution is 6.08. The van der Waals surface area contributed by atoms with Gasteiger partial charge in [0.2, 0.25) is 0 Å². The van der Waals surface area contributed by atoms with Crippen molar-refractivity contribution in [3.8, 4) is 5.75 Å². The Labute approximate surface area is 204 Å². The van der Waals surface area contributed by atoms with E-state index in [1.165, 1.54) is 0 Å². The van der Waals surface area contributed by atoms with Crippen molar-refractivity contribution in [2.75, 3.05) is 11.9 Å². The average molecular weight is 486 g/mol. The van der Waals surface area contributed by atoms with Gasteiger partial charge in [-0.1, -0.05) is 30.3 Å². The number of allylic oxidation sites excluding steroid dienone is 1. The molecule has 1 aliphatic carbocycles. The summed E-state index contributed by atoms with van der Waals surface area (Å²) in [6.45, 7) is -0.670. The van der Waals surface area contributed by atoms with Crippen LogP contribution < -0.4 is 5.32 Å². The molecule has 0 saturated carbocycles. The topological polar surface area (TPSA) is 88.5 Å². The molecule has 0 aliphatic heterocycles. The Morgan fingerprint density at radius 1 is 1.03 bits per heavy atom. The lowest BCUT2D eigenvalue weighted by Gasteiger charge is -2.13. The predicted molar refractivity (Wildman–Crippen MR) is 131 cm³/mol. The highest BCUT2D eigenvalue weighted by Gasteiger charge is 2.28. The molecule has 1 aromatic heterocycles. The Hall–Kier alpha value is -4.59. The smallest absolute Gasteiger partial charge is 0.339 e. The van der Waals surface area contributed by atoms with Crippen LogP contribution in [0.3, 0.4) is 0 Å². The summed E-state index contributed by atoms with van der Waals surface area (Å²) >= 11 is 0. The number of para-hydroxylation sites is 1. The van der Waals surface area contributed by atoms with Crippen molar-refractivity contribution < 1.29 is 28.2 Å². The minimum Gasteiger partial charge on any atom is -0.508 e. The van der Waals surface area contributed by atoms with Crippen molar-refractivity contribution in [3.63, 3.8) is 0 Å². The third-order valence-electron chi connectivity index (χ3n) is 5.92. The summed E-state index contributed by atoms with van der Waals surface area (Å²) in [6.07, 6.45) is 3.17. The Bertz CT molecular complexity index is 1530. The average Bonchev–Trinajstić information content (AvgIpc) is 3.26. The molecule has 1 aliphatic rings. The van der Waals surface area contributed by atoms with Crippen molar-refractivity contribution in [1.29, 1.82) is 0 Å². The number of aromatic hydroxyl groups is 1. The van der Waals surface area contributed by atoms with E-state index in [1.807, 2.05) is 12.1 Å². The molecule has 0 bridgehead atoms. The van der Waals surface area contributed by atoms with Crippen LogP contribution in [0.2, 0.25) is 0 Å². The number of nitrogens with one attached hydrogen (secondary N) is 1. The predicted octanol–water partition coefficient (Wildman–Crippen LogP) is 5.50. The van der Waals surface area contributed by atoms with Gasteiger partial charge >= 0.3 is 5.97 Å². The van der Waals surface area contributed by atoms with Gasteiger partial charge in [-0.05, 0) is 65.9 Å². The van der Waals surface area contributed by atoms with Crippen molar-refractivity contribution >= 4 is 40.1 Å². The maximum atomic E-state index is 13.8. The summed E-state index contributed by atoms with van der Waals surface area (Å²) in [5, 5.41) is 12.4. The lowest BCUT2D eigenvalue weighted by atomic mass is 10.0. The number of hydrogen-bond acceptors (Lipinski definition) is 5. The monoisotopic (exact) mass is 486 g/mol. The van der Waals surface area contributed by atoms with Gasteiger partial charge in [0, 0.05) is 11.5 Å². The maximum Gasteiger partial charge on any atom is 0.339 e. The van der Waals surface area contributed by atoms with E-state index in [9.17, 15) is 23.5 Å². The molecular formula is C28H20F2N2O4. The standard InChI is InChI=1S/C28H20F2N2O4/c29-18-8-12-22(30)24(14-18)31-25(34)15-36-28(35)26-20-3-1-2-4-23(20)32-27-17(7-11-21(26)27)13-16-5-9-19(33)10-6-16/h1-6,8-10,12-14,33H,7,11,15H2,(H,31,34)/b17-13-. The SMILES string of the molecule is O=C(COC(=O)c1c2c(nc3ccccc13)/C(=C\c1ccc(O)cc1)CC2)Nc1cc(F)ccc1F. The Kier molecular flexibility index (Phi) is 6.16. The second kappa shape index (κ2) is 9.58. The Morgan fingerprint density at radius 2 is 1.81 bits per heavy atom. The van der Waals surface area contributed by atoms with Crippen molar-refractivity contribution in [2.24, 2.45) is 0 Å². The third-order valence-corrected chi connectivity index (χ3v) is 5.92. The number of esters is 1. The molecule has 1 heterocycles. The molecule has 8 heteroatoms. The number of pyridine rings is 1. The van der Waals surface area contributed by atoms with Crippen LogP contribution in [0.4, 0.5) is 14.5 Å². The highest BCUT2D eigenvalue weighted by Crippen LogP contribution is 2.38. The number of ether oxygens (including phenoxy) is 1. The number of phenols is 1. The number of phenolic OH excluding ortho intramolecular Hbond substituents is 1. The second-order valence-electron chi connectivity index (χ2n) is 8.34. The highest BCUT2D eigenvalue weighted by atomic mass is 19.1. The third kappa shape index (κ3) is 4.65. The number of hydrogen-bond donors (Lipinski definition) is 2. The fourth-order valence-corrected chi connectivity index (χ4v) is 4.27. The van der Waals surface area contributed by atoms with Crippen molar-refractivity contribution in [1.82, 2.24) is 4.98 Å². The summed E-state index contributed by atoms with van der Waals surface area (Å²) < 4.78 is 32.5. The van der Waals surface area contributed by atoms with Crippen LogP contribution in [-0.2, 0) is 16.0 Å². The zero-order valence-electron chi connectivity index (χ0n) is 18.9. The van der Waals surface area contributed by atoms with Gasteiger partial charge in [0.05, 0.1) is 22.5 Å². The Balaban J connectivity index is 1.43. The molecule has 2 N–H and O–H groups in total. The zero-order chi connectivity index (χ0) is 25.2. The van der Waals surface area contributed by atoms with Crippen LogP contribution in [-0.4, -0.2) is 28.6 Å². The Morgan fingerprint density at radius 3 is 2.61 bits per heavy atom. The van der Waals surface area contributed by atoms with Crippen LogP contribution in [0.5, 0.6) is 5.75 Å². The second-order valence-corrected chi connectivity index (χ2v) is 8.34. The molecule has 180 valence electrons. The molecule has 0 fully saturated rings. The molecule has 1 amide bonds. The van der Waals surface area contributed by atoms with Gasteiger partial charge < -0.3 is 15.2 Å². The first-order valence-corrected chi connectivity index (χ1v) is 11.2. The number of halogens is 2. The lowest BCUT2D eigenvalue weighted by molar-refractivity contribution is -0.119. The molecule has 0 saturated heterocycles. The first kappa shape index (κ1) is 23.2. The number of rotatable bonds is 5. The van der Waals surface area contributed by atoms with Gasteiger partial charge in [-0.25, -0.2) is 18.6 Å². The van der Waals surface area contributed by atoms with E-state index in [0.29, 0.717) is 35.0 Å². The van der Waals surface area contributed by atoms with Gasteiger partial charge in [0.1, 0.15) is 17.4 Å². The van der Waals surface area contributed by atoms with Crippen molar-refractivity contribution in [3.05, 3.63) is 101 Å². The van der Waals surface area contributed by atoms with Crippen LogP contribution in [0.15, 0.2) is 66.7 Å². The van der Waals surface area contributed by atoms with Gasteiger partial charge in [-0.15, -0.1) is 0 Å². The minimum absolute atomic E-state index is 0.169. The summed E-state index contributed by atoms with van der Waals surface area (Å²) in [4.78, 5) is 30.2. The number of fused-ring (bicyclic) bond motifs is 2. The van der Waals surface area contributed by atoms with Gasteiger partial charge in [-0.3, -0.25) is 4.79 Å². The fraction of sp³-hybridized carbons (Fsp3) is 0.107. The molecular weight excluding hydrogens is 466 g/mol. The van der Waals surface area contributed by atoms with E-state index in [-0.39, 0.29) is 11.4 Å². The van der Waals surface area contributed by atoms with E-state index in [4.69, 9.17) is 9.72 Å². The van der Waals surface area contributed by atoms with Gasteiger partial charge in [0.15, 0.2) is 6.61 Å². The number of nitrogens with zero attached hydrogens (tertiary/aromatic N) is 1. The lowest BCUT2D eigenvalue weighted by Crippen LogP contribution is -2.22. The molecule has 4 aromatic rings. The minimum atomic E-state index is -0.804. The van der Waals surface area contributed by atoms with E-state index < -0.39 is 30.1 Å². The molecule has 36 heavy (non-hydrogen) atoms. The molecule has 0 spiro atoms. The van der Waals surface area contributed by atoms with Crippen LogP contribution in [0, 0.1) is 11.6 Å². The maximum absolute atomic E-state index is 13.8. The molecule has 6 nitrogen and oxygen atoms in total.